The van der Waals surface area contributed by atoms with Gasteiger partial charge in [-0.25, -0.2) is 8.42 Å². The predicted octanol–water partition coefficient (Wildman–Crippen LogP) is 2.21. The van der Waals surface area contributed by atoms with Crippen LogP contribution in [0.5, 0.6) is 5.75 Å². The van der Waals surface area contributed by atoms with Gasteiger partial charge in [-0.05, 0) is 17.7 Å². The van der Waals surface area contributed by atoms with Crippen molar-refractivity contribution in [2.24, 2.45) is 5.73 Å². The molecule has 0 saturated heterocycles. The lowest BCUT2D eigenvalue weighted by Gasteiger charge is -2.16. The zero-order valence-electron chi connectivity index (χ0n) is 11.9. The average Bonchev–Trinajstić information content (AvgIpc) is 2.53. The molecule has 2 aromatic rings. The van der Waals surface area contributed by atoms with E-state index >= 15 is 0 Å². The first-order valence-electron chi connectivity index (χ1n) is 6.69. The Labute approximate surface area is 125 Å². The highest BCUT2D eigenvalue weighted by Crippen LogP contribution is 2.27. The van der Waals surface area contributed by atoms with Crippen molar-refractivity contribution in [2.45, 2.75) is 10.8 Å². The Hall–Kier alpha value is -1.85. The summed E-state index contributed by atoms with van der Waals surface area (Å²) < 4.78 is 30.4. The Morgan fingerprint density at radius 1 is 1.05 bits per heavy atom. The standard InChI is InChI=1S/C16H19NO3S/c1-20-15-9-5-6-10-16(15)21(18,19)12-14(11-17)13-7-3-2-4-8-13/h2-10,14H,11-12,17H2,1H3. The number of methoxy groups -OCH3 is 1. The molecule has 0 aliphatic rings. The highest BCUT2D eigenvalue weighted by atomic mass is 32.2. The molecule has 1 atom stereocenters. The Kier molecular flexibility index (Phi) is 4.98. The summed E-state index contributed by atoms with van der Waals surface area (Å²) in [4.78, 5) is 0.210. The smallest absolute Gasteiger partial charge is 0.182 e. The molecule has 21 heavy (non-hydrogen) atoms. The van der Waals surface area contributed by atoms with Gasteiger partial charge < -0.3 is 10.5 Å². The van der Waals surface area contributed by atoms with Crippen LogP contribution in [0.2, 0.25) is 0 Å². The van der Waals surface area contributed by atoms with Gasteiger partial charge in [0.05, 0.1) is 12.9 Å². The molecule has 0 radical (unpaired) electrons. The van der Waals surface area contributed by atoms with Crippen LogP contribution in [0.15, 0.2) is 59.5 Å². The van der Waals surface area contributed by atoms with Crippen molar-refractivity contribution in [3.63, 3.8) is 0 Å². The predicted molar refractivity (Wildman–Crippen MR) is 83.3 cm³/mol. The molecule has 0 aromatic heterocycles. The summed E-state index contributed by atoms with van der Waals surface area (Å²) in [5.41, 5.74) is 6.69. The molecule has 0 aliphatic carbocycles. The minimum atomic E-state index is -3.47. The average molecular weight is 305 g/mol. The zero-order chi connectivity index (χ0) is 15.3. The zero-order valence-corrected chi connectivity index (χ0v) is 12.7. The summed E-state index contributed by atoms with van der Waals surface area (Å²) in [5, 5.41) is 0. The van der Waals surface area contributed by atoms with Crippen molar-refractivity contribution in [1.29, 1.82) is 0 Å². The first-order valence-corrected chi connectivity index (χ1v) is 8.34. The van der Waals surface area contributed by atoms with Crippen molar-refractivity contribution in [3.8, 4) is 5.75 Å². The van der Waals surface area contributed by atoms with E-state index in [-0.39, 0.29) is 23.1 Å². The number of benzene rings is 2. The van der Waals surface area contributed by atoms with Crippen molar-refractivity contribution in [3.05, 3.63) is 60.2 Å². The third-order valence-electron chi connectivity index (χ3n) is 3.38. The number of hydrogen-bond acceptors (Lipinski definition) is 4. The molecule has 0 heterocycles. The van der Waals surface area contributed by atoms with Crippen molar-refractivity contribution >= 4 is 9.84 Å². The molecular weight excluding hydrogens is 286 g/mol. The van der Waals surface area contributed by atoms with E-state index in [4.69, 9.17) is 10.5 Å². The molecule has 112 valence electrons. The van der Waals surface area contributed by atoms with Crippen LogP contribution < -0.4 is 10.5 Å². The molecule has 4 nitrogen and oxygen atoms in total. The lowest BCUT2D eigenvalue weighted by molar-refractivity contribution is 0.402. The molecular formula is C16H19NO3S. The first-order chi connectivity index (χ1) is 10.1. The van der Waals surface area contributed by atoms with E-state index in [1.165, 1.54) is 7.11 Å². The van der Waals surface area contributed by atoms with Crippen LogP contribution in [0.1, 0.15) is 11.5 Å². The first kappa shape index (κ1) is 15.5. The van der Waals surface area contributed by atoms with E-state index in [2.05, 4.69) is 0 Å². The molecule has 2 rings (SSSR count). The summed E-state index contributed by atoms with van der Waals surface area (Å²) in [5.74, 6) is 0.0934. The maximum absolute atomic E-state index is 12.6. The highest BCUT2D eigenvalue weighted by molar-refractivity contribution is 7.91. The molecule has 0 saturated carbocycles. The van der Waals surface area contributed by atoms with E-state index in [9.17, 15) is 8.42 Å². The molecule has 0 amide bonds. The summed E-state index contributed by atoms with van der Waals surface area (Å²) >= 11 is 0. The number of hydrogen-bond donors (Lipinski definition) is 1. The molecule has 5 heteroatoms. The van der Waals surface area contributed by atoms with E-state index in [0.29, 0.717) is 5.75 Å². The fourth-order valence-corrected chi connectivity index (χ4v) is 4.04. The lowest BCUT2D eigenvalue weighted by atomic mass is 10.0. The van der Waals surface area contributed by atoms with Crippen molar-refractivity contribution < 1.29 is 13.2 Å². The topological polar surface area (TPSA) is 69.4 Å². The second-order valence-electron chi connectivity index (χ2n) is 4.78. The second kappa shape index (κ2) is 6.74. The maximum Gasteiger partial charge on any atom is 0.182 e. The van der Waals surface area contributed by atoms with E-state index in [0.717, 1.165) is 5.56 Å². The second-order valence-corrected chi connectivity index (χ2v) is 6.78. The lowest BCUT2D eigenvalue weighted by Crippen LogP contribution is -2.22. The van der Waals surface area contributed by atoms with Crippen LogP contribution >= 0.6 is 0 Å². The summed E-state index contributed by atoms with van der Waals surface area (Å²) in [6.07, 6.45) is 0. The number of nitrogens with two attached hydrogens (primary N) is 1. The van der Waals surface area contributed by atoms with Crippen LogP contribution in [0.3, 0.4) is 0 Å². The van der Waals surface area contributed by atoms with E-state index in [1.807, 2.05) is 30.3 Å². The van der Waals surface area contributed by atoms with Gasteiger partial charge >= 0.3 is 0 Å². The van der Waals surface area contributed by atoms with Crippen molar-refractivity contribution in [1.82, 2.24) is 0 Å². The molecule has 0 spiro atoms. The Bertz CT molecular complexity index is 684. The van der Waals surface area contributed by atoms with Crippen LogP contribution in [-0.2, 0) is 9.84 Å². The van der Waals surface area contributed by atoms with Gasteiger partial charge in [0.25, 0.3) is 0 Å². The van der Waals surface area contributed by atoms with Gasteiger partial charge in [0.2, 0.25) is 0 Å². The Morgan fingerprint density at radius 3 is 2.29 bits per heavy atom. The Morgan fingerprint density at radius 2 is 1.67 bits per heavy atom. The van der Waals surface area contributed by atoms with Gasteiger partial charge in [0, 0.05) is 12.5 Å². The summed E-state index contributed by atoms with van der Waals surface area (Å²) in [7, 11) is -2.00. The van der Waals surface area contributed by atoms with Gasteiger partial charge in [-0.1, -0.05) is 42.5 Å². The van der Waals surface area contributed by atoms with Gasteiger partial charge in [-0.3, -0.25) is 0 Å². The fourth-order valence-electron chi connectivity index (χ4n) is 2.26. The van der Waals surface area contributed by atoms with Crippen LogP contribution in [0.4, 0.5) is 0 Å². The monoisotopic (exact) mass is 305 g/mol. The largest absolute Gasteiger partial charge is 0.495 e. The number of ether oxygens (including phenoxy) is 1. The van der Waals surface area contributed by atoms with Gasteiger partial charge in [-0.15, -0.1) is 0 Å². The highest BCUT2D eigenvalue weighted by Gasteiger charge is 2.24. The van der Waals surface area contributed by atoms with Crippen LogP contribution in [0, 0.1) is 0 Å². The molecule has 0 bridgehead atoms. The Balaban J connectivity index is 2.32. The third kappa shape index (κ3) is 3.62. The van der Waals surface area contributed by atoms with E-state index < -0.39 is 9.84 Å². The minimum absolute atomic E-state index is 0.0338. The van der Waals surface area contributed by atoms with Crippen molar-refractivity contribution in [2.75, 3.05) is 19.4 Å². The van der Waals surface area contributed by atoms with Crippen LogP contribution in [0.25, 0.3) is 0 Å². The fraction of sp³-hybridized carbons (Fsp3) is 0.250. The molecule has 0 fully saturated rings. The van der Waals surface area contributed by atoms with Gasteiger partial charge in [-0.2, -0.15) is 0 Å². The number of para-hydroxylation sites is 1. The number of sulfone groups is 1. The van der Waals surface area contributed by atoms with Crippen LogP contribution in [-0.4, -0.2) is 27.8 Å². The SMILES string of the molecule is COc1ccccc1S(=O)(=O)CC(CN)c1ccccc1. The molecule has 2 aromatic carbocycles. The third-order valence-corrected chi connectivity index (χ3v) is 5.23. The normalized spacial score (nSPS) is 12.9. The summed E-state index contributed by atoms with van der Waals surface area (Å²) in [6, 6.07) is 16.1. The van der Waals surface area contributed by atoms with Gasteiger partial charge in [0.15, 0.2) is 9.84 Å². The number of rotatable bonds is 6. The quantitative estimate of drug-likeness (QED) is 0.888. The van der Waals surface area contributed by atoms with E-state index in [1.54, 1.807) is 24.3 Å². The molecule has 2 N–H and O–H groups in total. The maximum atomic E-state index is 12.6. The summed E-state index contributed by atoms with van der Waals surface area (Å²) in [6.45, 7) is 0.276. The molecule has 1 unspecified atom stereocenters. The minimum Gasteiger partial charge on any atom is -0.495 e. The van der Waals surface area contributed by atoms with Gasteiger partial charge in [0.1, 0.15) is 10.6 Å². The molecule has 0 aliphatic heterocycles.